The van der Waals surface area contributed by atoms with E-state index >= 15 is 0 Å². The van der Waals surface area contributed by atoms with Crippen molar-refractivity contribution >= 4 is 32.3 Å². The van der Waals surface area contributed by atoms with Crippen molar-refractivity contribution < 1.29 is 17.9 Å². The molecule has 8 heteroatoms. The number of hydrogen-bond donors (Lipinski definition) is 1. The van der Waals surface area contributed by atoms with Gasteiger partial charge >= 0.3 is 5.97 Å². The normalized spacial score (nSPS) is 11.3. The van der Waals surface area contributed by atoms with E-state index in [1.54, 1.807) is 19.2 Å². The molecular formula is C11H18N2O4S2. The van der Waals surface area contributed by atoms with E-state index in [0.717, 1.165) is 0 Å². The summed E-state index contributed by atoms with van der Waals surface area (Å²) in [5.74, 6) is -0.0929. The maximum absolute atomic E-state index is 11.3. The zero-order valence-corrected chi connectivity index (χ0v) is 12.6. The summed E-state index contributed by atoms with van der Waals surface area (Å²) >= 11 is 1.34. The number of nitrogens with one attached hydrogen (secondary N) is 1. The molecule has 0 fully saturated rings. The maximum atomic E-state index is 11.3. The molecule has 108 valence electrons. The lowest BCUT2D eigenvalue weighted by Crippen LogP contribution is -2.17. The summed E-state index contributed by atoms with van der Waals surface area (Å²) in [6.07, 6.45) is 0.138. The Labute approximate surface area is 117 Å². The first-order chi connectivity index (χ1) is 8.96. The Balaban J connectivity index is 2.41. The van der Waals surface area contributed by atoms with Gasteiger partial charge in [-0.2, -0.15) is 0 Å². The van der Waals surface area contributed by atoms with Crippen LogP contribution in [0.4, 0.5) is 5.13 Å². The summed E-state index contributed by atoms with van der Waals surface area (Å²) in [6, 6.07) is 0. The molecule has 0 aromatic carbocycles. The number of anilines is 1. The number of esters is 1. The molecule has 1 heterocycles. The molecule has 6 nitrogen and oxygen atoms in total. The Kier molecular flexibility index (Phi) is 6.23. The second-order valence-electron chi connectivity index (χ2n) is 3.79. The second kappa shape index (κ2) is 7.44. The Morgan fingerprint density at radius 1 is 1.47 bits per heavy atom. The van der Waals surface area contributed by atoms with E-state index in [9.17, 15) is 13.2 Å². The molecule has 1 aromatic heterocycles. The van der Waals surface area contributed by atoms with E-state index in [1.165, 1.54) is 11.3 Å². The fraction of sp³-hybridized carbons (Fsp3) is 0.636. The third kappa shape index (κ3) is 6.02. The van der Waals surface area contributed by atoms with Crippen LogP contribution >= 0.6 is 11.3 Å². The molecule has 1 rings (SSSR count). The largest absolute Gasteiger partial charge is 0.466 e. The number of nitrogens with zero attached hydrogens (tertiary/aromatic N) is 1. The molecule has 1 N–H and O–H groups in total. The van der Waals surface area contributed by atoms with Crippen molar-refractivity contribution in [2.75, 3.05) is 30.0 Å². The zero-order chi connectivity index (χ0) is 14.3. The summed E-state index contributed by atoms with van der Waals surface area (Å²) in [4.78, 5) is 15.4. The number of hydrogen-bond acceptors (Lipinski definition) is 7. The molecule has 0 saturated carbocycles. The number of carbonyl (C=O) groups excluding carboxylic acids is 1. The first kappa shape index (κ1) is 15.9. The van der Waals surface area contributed by atoms with Gasteiger partial charge in [-0.3, -0.25) is 4.79 Å². The van der Waals surface area contributed by atoms with Crippen LogP contribution in [0.3, 0.4) is 0 Å². The first-order valence-corrected chi connectivity index (χ1v) is 8.71. The Bertz CT molecular complexity index is 511. The third-order valence-corrected chi connectivity index (χ3v) is 4.87. The van der Waals surface area contributed by atoms with E-state index in [2.05, 4.69) is 10.3 Å². The maximum Gasteiger partial charge on any atom is 0.311 e. The van der Waals surface area contributed by atoms with Gasteiger partial charge in [-0.1, -0.05) is 6.92 Å². The highest BCUT2D eigenvalue weighted by molar-refractivity contribution is 7.91. The summed E-state index contributed by atoms with van der Waals surface area (Å²) in [7, 11) is -2.97. The molecule has 0 unspecified atom stereocenters. The minimum absolute atomic E-state index is 0.0797. The fourth-order valence-electron chi connectivity index (χ4n) is 1.29. The SMILES string of the molecule is CCOC(=O)Cc1csc(NCCS(=O)(=O)CC)n1. The predicted molar refractivity (Wildman–Crippen MR) is 75.3 cm³/mol. The molecule has 0 aliphatic rings. The summed E-state index contributed by atoms with van der Waals surface area (Å²) in [5.41, 5.74) is 0.629. The van der Waals surface area contributed by atoms with E-state index in [-0.39, 0.29) is 23.9 Å². The average Bonchev–Trinajstić information content (AvgIpc) is 2.77. The number of ether oxygens (including phenoxy) is 1. The van der Waals surface area contributed by atoms with E-state index in [1.807, 2.05) is 0 Å². The minimum Gasteiger partial charge on any atom is -0.466 e. The molecule has 19 heavy (non-hydrogen) atoms. The van der Waals surface area contributed by atoms with Crippen LogP contribution in [-0.4, -0.2) is 44.0 Å². The van der Waals surface area contributed by atoms with Crippen LogP contribution in [0.25, 0.3) is 0 Å². The van der Waals surface area contributed by atoms with Crippen LogP contribution < -0.4 is 5.32 Å². The molecule has 0 amide bonds. The molecule has 0 aliphatic heterocycles. The number of carbonyl (C=O) groups is 1. The summed E-state index contributed by atoms with van der Waals surface area (Å²) < 4.78 is 27.4. The van der Waals surface area contributed by atoms with E-state index in [0.29, 0.717) is 24.0 Å². The van der Waals surface area contributed by atoms with Gasteiger partial charge in [-0.25, -0.2) is 13.4 Å². The number of sulfone groups is 1. The van der Waals surface area contributed by atoms with Crippen LogP contribution in [-0.2, 0) is 25.8 Å². The second-order valence-corrected chi connectivity index (χ2v) is 7.12. The minimum atomic E-state index is -2.97. The van der Waals surface area contributed by atoms with Crippen molar-refractivity contribution in [1.82, 2.24) is 4.98 Å². The zero-order valence-electron chi connectivity index (χ0n) is 11.0. The van der Waals surface area contributed by atoms with Gasteiger partial charge in [0.1, 0.15) is 0 Å². The van der Waals surface area contributed by atoms with Gasteiger partial charge in [0.05, 0.1) is 24.5 Å². The van der Waals surface area contributed by atoms with Gasteiger partial charge in [0.2, 0.25) is 0 Å². The molecule has 0 spiro atoms. The van der Waals surface area contributed by atoms with Crippen molar-refractivity contribution in [3.63, 3.8) is 0 Å². The van der Waals surface area contributed by atoms with Gasteiger partial charge in [-0.05, 0) is 6.92 Å². The number of thiazole rings is 1. The van der Waals surface area contributed by atoms with Crippen molar-refractivity contribution in [3.8, 4) is 0 Å². The van der Waals surface area contributed by atoms with Crippen molar-refractivity contribution in [2.45, 2.75) is 20.3 Å². The summed E-state index contributed by atoms with van der Waals surface area (Å²) in [6.45, 7) is 4.04. The lowest BCUT2D eigenvalue weighted by atomic mass is 10.3. The molecule has 0 saturated heterocycles. The molecule has 0 bridgehead atoms. The topological polar surface area (TPSA) is 85.4 Å². The number of rotatable bonds is 8. The van der Waals surface area contributed by atoms with Crippen LogP contribution in [0.5, 0.6) is 0 Å². The quantitative estimate of drug-likeness (QED) is 0.724. The van der Waals surface area contributed by atoms with Crippen LogP contribution in [0.15, 0.2) is 5.38 Å². The Morgan fingerprint density at radius 3 is 2.84 bits per heavy atom. The van der Waals surface area contributed by atoms with Gasteiger partial charge in [0.25, 0.3) is 0 Å². The Morgan fingerprint density at radius 2 is 2.21 bits per heavy atom. The van der Waals surface area contributed by atoms with E-state index < -0.39 is 9.84 Å². The lowest BCUT2D eigenvalue weighted by molar-refractivity contribution is -0.142. The van der Waals surface area contributed by atoms with Crippen LogP contribution in [0.1, 0.15) is 19.5 Å². The highest BCUT2D eigenvalue weighted by atomic mass is 32.2. The van der Waals surface area contributed by atoms with Crippen LogP contribution in [0.2, 0.25) is 0 Å². The lowest BCUT2D eigenvalue weighted by Gasteiger charge is -2.02. The van der Waals surface area contributed by atoms with Gasteiger partial charge in [0, 0.05) is 17.7 Å². The average molecular weight is 306 g/mol. The van der Waals surface area contributed by atoms with Crippen molar-refractivity contribution in [1.29, 1.82) is 0 Å². The van der Waals surface area contributed by atoms with Gasteiger partial charge in [-0.15, -0.1) is 11.3 Å². The molecular weight excluding hydrogens is 288 g/mol. The fourth-order valence-corrected chi connectivity index (χ4v) is 2.73. The Hall–Kier alpha value is -1.15. The number of aromatic nitrogens is 1. The monoisotopic (exact) mass is 306 g/mol. The highest BCUT2D eigenvalue weighted by Crippen LogP contribution is 2.15. The van der Waals surface area contributed by atoms with Crippen LogP contribution in [0, 0.1) is 0 Å². The smallest absolute Gasteiger partial charge is 0.311 e. The molecule has 0 radical (unpaired) electrons. The molecule has 0 aliphatic carbocycles. The van der Waals surface area contributed by atoms with E-state index in [4.69, 9.17) is 4.74 Å². The third-order valence-electron chi connectivity index (χ3n) is 2.31. The molecule has 0 atom stereocenters. The standard InChI is InChI=1S/C11H18N2O4S2/c1-3-17-10(14)7-9-8-18-11(13-9)12-5-6-19(15,16)4-2/h8H,3-7H2,1-2H3,(H,12,13). The first-order valence-electron chi connectivity index (χ1n) is 6.01. The van der Waals surface area contributed by atoms with Gasteiger partial charge in [0.15, 0.2) is 15.0 Å². The van der Waals surface area contributed by atoms with Crippen molar-refractivity contribution in [3.05, 3.63) is 11.1 Å². The molecule has 1 aromatic rings. The summed E-state index contributed by atoms with van der Waals surface area (Å²) in [5, 5.41) is 5.31. The highest BCUT2D eigenvalue weighted by Gasteiger charge is 2.10. The van der Waals surface area contributed by atoms with Gasteiger partial charge < -0.3 is 10.1 Å². The van der Waals surface area contributed by atoms with Crippen molar-refractivity contribution in [2.24, 2.45) is 0 Å². The predicted octanol–water partition coefficient (Wildman–Crippen LogP) is 1.10.